The van der Waals surface area contributed by atoms with E-state index in [1.165, 1.54) is 86.1 Å². The molecule has 7 rings (SSSR count). The second kappa shape index (κ2) is 7.40. The molecule has 0 radical (unpaired) electrons. The van der Waals surface area contributed by atoms with Crippen molar-refractivity contribution < 1.29 is 8.83 Å². The molecular weight excluding hydrogens is 392 g/mol. The van der Waals surface area contributed by atoms with Crippen LogP contribution in [-0.2, 0) is 0 Å². The summed E-state index contributed by atoms with van der Waals surface area (Å²) in [4.78, 5) is 0. The highest BCUT2D eigenvalue weighted by Crippen LogP contribution is 2.40. The van der Waals surface area contributed by atoms with Crippen LogP contribution >= 0.6 is 0 Å². The average Bonchev–Trinajstić information content (AvgIpc) is 3.39. The van der Waals surface area contributed by atoms with Crippen LogP contribution in [0.2, 0.25) is 0 Å². The molecule has 2 aliphatic rings. The van der Waals surface area contributed by atoms with Crippen molar-refractivity contribution >= 4 is 43.9 Å². The van der Waals surface area contributed by atoms with Crippen LogP contribution < -0.4 is 0 Å². The van der Waals surface area contributed by atoms with E-state index >= 15 is 0 Å². The maximum atomic E-state index is 6.39. The highest BCUT2D eigenvalue weighted by atomic mass is 16.3. The molecule has 3 aromatic carbocycles. The van der Waals surface area contributed by atoms with Crippen LogP contribution in [0.5, 0.6) is 0 Å². The molecule has 0 bridgehead atoms. The summed E-state index contributed by atoms with van der Waals surface area (Å²) in [5.41, 5.74) is 6.85. The van der Waals surface area contributed by atoms with Crippen LogP contribution in [0.25, 0.3) is 43.9 Å². The van der Waals surface area contributed by atoms with Crippen LogP contribution in [0, 0.1) is 0 Å². The van der Waals surface area contributed by atoms with Crippen molar-refractivity contribution in [1.82, 2.24) is 0 Å². The van der Waals surface area contributed by atoms with Crippen molar-refractivity contribution in [2.75, 3.05) is 0 Å². The summed E-state index contributed by atoms with van der Waals surface area (Å²) < 4.78 is 12.8. The molecule has 2 aliphatic carbocycles. The summed E-state index contributed by atoms with van der Waals surface area (Å²) in [6.07, 6.45) is 13.5. The fourth-order valence-electron chi connectivity index (χ4n) is 6.46. The normalized spacial score (nSPS) is 19.0. The molecule has 32 heavy (non-hydrogen) atoms. The van der Waals surface area contributed by atoms with Crippen molar-refractivity contribution in [2.24, 2.45) is 0 Å². The number of furan rings is 2. The molecule has 0 amide bonds. The maximum Gasteiger partial charge on any atom is 0.136 e. The third-order valence-electron chi connectivity index (χ3n) is 8.27. The van der Waals surface area contributed by atoms with Gasteiger partial charge in [0.25, 0.3) is 0 Å². The Labute approximate surface area is 188 Å². The van der Waals surface area contributed by atoms with Crippen molar-refractivity contribution in [1.29, 1.82) is 0 Å². The Morgan fingerprint density at radius 1 is 0.438 bits per heavy atom. The zero-order chi connectivity index (χ0) is 21.1. The van der Waals surface area contributed by atoms with Gasteiger partial charge in [0.2, 0.25) is 0 Å². The van der Waals surface area contributed by atoms with E-state index in [0.717, 1.165) is 33.1 Å². The second-order valence-electron chi connectivity index (χ2n) is 10.2. The van der Waals surface area contributed by atoms with Crippen molar-refractivity contribution in [2.45, 2.75) is 76.0 Å². The quantitative estimate of drug-likeness (QED) is 0.283. The summed E-state index contributed by atoms with van der Waals surface area (Å²) >= 11 is 0. The van der Waals surface area contributed by atoms with Crippen LogP contribution in [0.1, 0.15) is 87.2 Å². The first-order chi connectivity index (χ1) is 15.8. The molecule has 2 saturated carbocycles. The van der Waals surface area contributed by atoms with Gasteiger partial charge in [-0.3, -0.25) is 0 Å². The van der Waals surface area contributed by atoms with E-state index in [1.807, 2.05) is 0 Å². The minimum absolute atomic E-state index is 0.694. The van der Waals surface area contributed by atoms with Gasteiger partial charge in [0.15, 0.2) is 0 Å². The van der Waals surface area contributed by atoms with Crippen LogP contribution in [-0.4, -0.2) is 0 Å². The topological polar surface area (TPSA) is 26.3 Å². The van der Waals surface area contributed by atoms with Gasteiger partial charge < -0.3 is 8.83 Å². The molecule has 0 saturated heterocycles. The molecule has 2 fully saturated rings. The van der Waals surface area contributed by atoms with E-state index in [-0.39, 0.29) is 0 Å². The van der Waals surface area contributed by atoms with Crippen molar-refractivity contribution in [3.63, 3.8) is 0 Å². The summed E-state index contributed by atoms with van der Waals surface area (Å²) in [6.45, 7) is 0. The molecule has 0 aliphatic heterocycles. The highest BCUT2D eigenvalue weighted by Gasteiger charge is 2.20. The fourth-order valence-corrected chi connectivity index (χ4v) is 6.46. The van der Waals surface area contributed by atoms with E-state index in [2.05, 4.69) is 48.5 Å². The van der Waals surface area contributed by atoms with Crippen molar-refractivity contribution in [3.8, 4) is 0 Å². The first kappa shape index (κ1) is 18.8. The predicted molar refractivity (Wildman–Crippen MR) is 133 cm³/mol. The molecule has 0 atom stereocenters. The molecule has 2 heterocycles. The largest absolute Gasteiger partial charge is 0.456 e. The molecule has 0 spiro atoms. The van der Waals surface area contributed by atoms with Gasteiger partial charge >= 0.3 is 0 Å². The number of benzene rings is 3. The summed E-state index contributed by atoms with van der Waals surface area (Å²) in [6, 6.07) is 18.2. The Bertz CT molecular complexity index is 1330. The SMILES string of the molecule is c1cc2c(cc1C1CCCCC1)oc1cc3c(cc12)oc1cc(C2CCCCC2)ccc13. The van der Waals surface area contributed by atoms with Gasteiger partial charge in [0, 0.05) is 21.5 Å². The Kier molecular flexibility index (Phi) is 4.35. The summed E-state index contributed by atoms with van der Waals surface area (Å²) in [5.74, 6) is 1.39. The van der Waals surface area contributed by atoms with Gasteiger partial charge in [-0.15, -0.1) is 0 Å². The fraction of sp³-hybridized carbons (Fsp3) is 0.400. The minimum atomic E-state index is 0.694. The Hall–Kier alpha value is -2.74. The average molecular weight is 423 g/mol. The highest BCUT2D eigenvalue weighted by molar-refractivity contribution is 6.14. The predicted octanol–water partition coefficient (Wildman–Crippen LogP) is 9.58. The molecule has 2 aromatic heterocycles. The van der Waals surface area contributed by atoms with Gasteiger partial charge in [0.1, 0.15) is 22.3 Å². The second-order valence-corrected chi connectivity index (χ2v) is 10.2. The lowest BCUT2D eigenvalue weighted by Crippen LogP contribution is -2.03. The Balaban J connectivity index is 1.33. The smallest absolute Gasteiger partial charge is 0.136 e. The van der Waals surface area contributed by atoms with Gasteiger partial charge in [-0.2, -0.15) is 0 Å². The zero-order valence-corrected chi connectivity index (χ0v) is 18.7. The Morgan fingerprint density at radius 3 is 1.28 bits per heavy atom. The monoisotopic (exact) mass is 422 g/mol. The van der Waals surface area contributed by atoms with Gasteiger partial charge in [-0.1, -0.05) is 62.8 Å². The lowest BCUT2D eigenvalue weighted by atomic mass is 9.84. The van der Waals surface area contributed by atoms with Gasteiger partial charge in [0.05, 0.1) is 0 Å². The van der Waals surface area contributed by atoms with Crippen molar-refractivity contribution in [3.05, 3.63) is 59.7 Å². The molecular formula is C30H30O2. The molecule has 0 unspecified atom stereocenters. The first-order valence-electron chi connectivity index (χ1n) is 12.7. The van der Waals surface area contributed by atoms with E-state index in [9.17, 15) is 0 Å². The maximum absolute atomic E-state index is 6.39. The molecule has 5 aromatic rings. The molecule has 162 valence electrons. The lowest BCUT2D eigenvalue weighted by molar-refractivity contribution is 0.443. The minimum Gasteiger partial charge on any atom is -0.456 e. The lowest BCUT2D eigenvalue weighted by Gasteiger charge is -2.21. The third kappa shape index (κ3) is 2.99. The molecule has 0 N–H and O–H groups in total. The van der Waals surface area contributed by atoms with Crippen LogP contribution in [0.4, 0.5) is 0 Å². The van der Waals surface area contributed by atoms with Gasteiger partial charge in [-0.05, 0) is 72.9 Å². The zero-order valence-electron chi connectivity index (χ0n) is 18.7. The summed E-state index contributed by atoms with van der Waals surface area (Å²) in [5, 5.41) is 4.72. The van der Waals surface area contributed by atoms with Crippen LogP contribution in [0.15, 0.2) is 57.4 Å². The molecule has 2 nitrogen and oxygen atoms in total. The number of hydrogen-bond donors (Lipinski definition) is 0. The summed E-state index contributed by atoms with van der Waals surface area (Å²) in [7, 11) is 0. The standard InChI is InChI=1S/C30H30O2/c1-3-7-19(8-4-1)21-11-13-23-25-17-30-26(18-29(25)31-27(23)15-21)24-14-12-22(16-28(24)32-30)20-9-5-2-6-10-20/h11-20H,1-10H2. The number of rotatable bonds is 2. The van der Waals surface area contributed by atoms with E-state index in [4.69, 9.17) is 8.83 Å². The van der Waals surface area contributed by atoms with E-state index < -0.39 is 0 Å². The van der Waals surface area contributed by atoms with E-state index in [1.54, 1.807) is 0 Å². The van der Waals surface area contributed by atoms with E-state index in [0.29, 0.717) is 11.8 Å². The van der Waals surface area contributed by atoms with Crippen LogP contribution in [0.3, 0.4) is 0 Å². The molecule has 2 heteroatoms. The number of fused-ring (bicyclic) bond motifs is 6. The number of hydrogen-bond acceptors (Lipinski definition) is 2. The first-order valence-corrected chi connectivity index (χ1v) is 12.7. The van der Waals surface area contributed by atoms with Gasteiger partial charge in [-0.25, -0.2) is 0 Å². The Morgan fingerprint density at radius 2 is 0.844 bits per heavy atom. The third-order valence-corrected chi connectivity index (χ3v) is 8.27.